The van der Waals surface area contributed by atoms with Crippen LogP contribution in [0.4, 0.5) is 4.79 Å². The van der Waals surface area contributed by atoms with Gasteiger partial charge in [-0.2, -0.15) is 0 Å². The van der Waals surface area contributed by atoms with E-state index in [-0.39, 0.29) is 24.4 Å². The smallest absolute Gasteiger partial charge is 0.325 e. The van der Waals surface area contributed by atoms with Crippen LogP contribution in [-0.2, 0) is 16.0 Å². The summed E-state index contributed by atoms with van der Waals surface area (Å²) in [5, 5.41) is 5.85. The molecule has 26 heavy (non-hydrogen) atoms. The van der Waals surface area contributed by atoms with Crippen molar-refractivity contribution in [2.24, 2.45) is 5.92 Å². The van der Waals surface area contributed by atoms with E-state index in [0.29, 0.717) is 18.8 Å². The fourth-order valence-corrected chi connectivity index (χ4v) is 4.50. The summed E-state index contributed by atoms with van der Waals surface area (Å²) in [7, 11) is 0. The number of amides is 4. The molecule has 4 amide bonds. The van der Waals surface area contributed by atoms with E-state index >= 15 is 0 Å². The number of carbonyl (C=O) groups is 3. The average Bonchev–Trinajstić information content (AvgIpc) is 3.13. The third kappa shape index (κ3) is 2.87. The van der Waals surface area contributed by atoms with E-state index in [4.69, 9.17) is 0 Å². The van der Waals surface area contributed by atoms with Gasteiger partial charge in [0, 0.05) is 0 Å². The normalized spacial score (nSPS) is 30.4. The van der Waals surface area contributed by atoms with Crippen LogP contribution in [0.3, 0.4) is 0 Å². The zero-order chi connectivity index (χ0) is 18.3. The van der Waals surface area contributed by atoms with Gasteiger partial charge in [0.15, 0.2) is 0 Å². The van der Waals surface area contributed by atoms with Gasteiger partial charge in [0.05, 0.1) is 6.04 Å². The number of nitrogens with zero attached hydrogens (tertiary/aromatic N) is 1. The molecule has 1 heterocycles. The third-order valence-corrected chi connectivity index (χ3v) is 6.14. The maximum Gasteiger partial charge on any atom is 0.325 e. The van der Waals surface area contributed by atoms with Crippen molar-refractivity contribution in [3.05, 3.63) is 35.4 Å². The van der Waals surface area contributed by atoms with Crippen LogP contribution in [0.1, 0.15) is 56.2 Å². The maximum atomic E-state index is 12.8. The molecule has 2 aliphatic carbocycles. The molecule has 0 bridgehead atoms. The van der Waals surface area contributed by atoms with Gasteiger partial charge in [-0.05, 0) is 55.6 Å². The molecule has 1 atom stereocenters. The molecule has 2 fully saturated rings. The lowest BCUT2D eigenvalue weighted by molar-refractivity contribution is -0.136. The number of hydrogen-bond donors (Lipinski definition) is 2. The Bertz CT molecular complexity index is 752. The molecule has 1 aromatic rings. The highest BCUT2D eigenvalue weighted by Gasteiger charge is 2.52. The first-order chi connectivity index (χ1) is 12.5. The summed E-state index contributed by atoms with van der Waals surface area (Å²) in [6, 6.07) is 7.59. The molecule has 6 heteroatoms. The largest absolute Gasteiger partial charge is 0.348 e. The Morgan fingerprint density at radius 1 is 1.23 bits per heavy atom. The van der Waals surface area contributed by atoms with Gasteiger partial charge in [-0.3, -0.25) is 14.5 Å². The Balaban J connectivity index is 1.40. The van der Waals surface area contributed by atoms with Crippen molar-refractivity contribution in [2.75, 3.05) is 6.54 Å². The molecule has 0 aromatic heterocycles. The molecule has 3 aliphatic rings. The van der Waals surface area contributed by atoms with Crippen molar-refractivity contribution in [1.29, 1.82) is 0 Å². The molecule has 1 aliphatic heterocycles. The Kier molecular flexibility index (Phi) is 4.21. The topological polar surface area (TPSA) is 78.5 Å². The zero-order valence-corrected chi connectivity index (χ0v) is 15.1. The number of carbonyl (C=O) groups excluding carboxylic acids is 3. The summed E-state index contributed by atoms with van der Waals surface area (Å²) < 4.78 is 0. The lowest BCUT2D eigenvalue weighted by Gasteiger charge is -2.33. The zero-order valence-electron chi connectivity index (χ0n) is 15.1. The number of fused-ring (bicyclic) bond motifs is 1. The van der Waals surface area contributed by atoms with Gasteiger partial charge in [-0.25, -0.2) is 4.79 Å². The number of urea groups is 1. The fraction of sp³-hybridized carbons (Fsp3) is 0.550. The Hall–Kier alpha value is -2.37. The van der Waals surface area contributed by atoms with Gasteiger partial charge < -0.3 is 10.6 Å². The highest BCUT2D eigenvalue weighted by atomic mass is 16.2. The van der Waals surface area contributed by atoms with E-state index in [0.717, 1.165) is 36.1 Å². The molecule has 6 nitrogen and oxygen atoms in total. The second-order valence-corrected chi connectivity index (χ2v) is 7.94. The monoisotopic (exact) mass is 355 g/mol. The molecule has 0 radical (unpaired) electrons. The van der Waals surface area contributed by atoms with Crippen LogP contribution in [0.15, 0.2) is 24.3 Å². The molecular formula is C20H25N3O3. The number of nitrogens with one attached hydrogen (secondary N) is 2. The molecular weight excluding hydrogens is 330 g/mol. The maximum absolute atomic E-state index is 12.8. The van der Waals surface area contributed by atoms with Crippen LogP contribution >= 0.6 is 0 Å². The first kappa shape index (κ1) is 17.1. The predicted octanol–water partition coefficient (Wildman–Crippen LogP) is 2.29. The Labute approximate surface area is 153 Å². The lowest BCUT2D eigenvalue weighted by atomic mass is 9.77. The molecule has 138 valence electrons. The van der Waals surface area contributed by atoms with Crippen molar-refractivity contribution < 1.29 is 14.4 Å². The minimum absolute atomic E-state index is 0.0380. The standard InChI is InChI=1S/C20H25N3O3/c1-13-8-10-20(11-9-13)18(25)23(19(26)22-20)12-17(24)21-16-7-6-14-4-2-3-5-15(14)16/h2-5,13,16H,6-12H2,1H3,(H,21,24)(H,22,26)/t13?,16-,20?/m1/s1. The van der Waals surface area contributed by atoms with Crippen LogP contribution in [0.5, 0.6) is 0 Å². The van der Waals surface area contributed by atoms with Gasteiger partial charge >= 0.3 is 6.03 Å². The summed E-state index contributed by atoms with van der Waals surface area (Å²) in [4.78, 5) is 38.7. The lowest BCUT2D eigenvalue weighted by Crippen LogP contribution is -2.50. The van der Waals surface area contributed by atoms with Crippen LogP contribution in [0, 0.1) is 5.92 Å². The first-order valence-corrected chi connectivity index (χ1v) is 9.50. The van der Waals surface area contributed by atoms with Crippen molar-refractivity contribution >= 4 is 17.8 Å². The fourth-order valence-electron chi connectivity index (χ4n) is 4.50. The summed E-state index contributed by atoms with van der Waals surface area (Å²) >= 11 is 0. The quantitative estimate of drug-likeness (QED) is 0.817. The minimum atomic E-state index is -0.788. The van der Waals surface area contributed by atoms with Crippen molar-refractivity contribution in [3.8, 4) is 0 Å². The van der Waals surface area contributed by atoms with Gasteiger partial charge in [0.1, 0.15) is 12.1 Å². The van der Waals surface area contributed by atoms with Crippen molar-refractivity contribution in [2.45, 2.75) is 57.0 Å². The second-order valence-electron chi connectivity index (χ2n) is 7.94. The highest BCUT2D eigenvalue weighted by molar-refractivity contribution is 6.09. The summed E-state index contributed by atoms with van der Waals surface area (Å²) in [5.74, 6) is 0.0536. The number of aryl methyl sites for hydroxylation is 1. The van der Waals surface area contributed by atoms with Gasteiger partial charge in [-0.15, -0.1) is 0 Å². The van der Waals surface area contributed by atoms with Crippen LogP contribution in [0.2, 0.25) is 0 Å². The molecule has 1 spiro atoms. The first-order valence-electron chi connectivity index (χ1n) is 9.50. The van der Waals surface area contributed by atoms with Crippen molar-refractivity contribution in [1.82, 2.24) is 15.5 Å². The van der Waals surface area contributed by atoms with Crippen molar-refractivity contribution in [3.63, 3.8) is 0 Å². The molecule has 0 unspecified atom stereocenters. The van der Waals surface area contributed by atoms with E-state index < -0.39 is 11.6 Å². The number of rotatable bonds is 3. The van der Waals surface area contributed by atoms with E-state index in [1.165, 1.54) is 5.56 Å². The predicted molar refractivity (Wildman–Crippen MR) is 96.3 cm³/mol. The summed E-state index contributed by atoms with van der Waals surface area (Å²) in [6.07, 6.45) is 4.95. The number of hydrogen-bond acceptors (Lipinski definition) is 3. The summed E-state index contributed by atoms with van der Waals surface area (Å²) in [5.41, 5.74) is 1.60. The van der Waals surface area contributed by atoms with E-state index in [2.05, 4.69) is 23.6 Å². The van der Waals surface area contributed by atoms with E-state index in [1.807, 2.05) is 18.2 Å². The SMILES string of the molecule is CC1CCC2(CC1)NC(=O)N(CC(=O)N[C@@H]1CCc3ccccc31)C2=O. The van der Waals surface area contributed by atoms with Gasteiger partial charge in [0.2, 0.25) is 5.91 Å². The second kappa shape index (κ2) is 6.41. The van der Waals surface area contributed by atoms with E-state index in [1.54, 1.807) is 0 Å². The van der Waals surface area contributed by atoms with Gasteiger partial charge in [-0.1, -0.05) is 31.2 Å². The molecule has 1 saturated carbocycles. The van der Waals surface area contributed by atoms with E-state index in [9.17, 15) is 14.4 Å². The molecule has 4 rings (SSSR count). The average molecular weight is 355 g/mol. The highest BCUT2D eigenvalue weighted by Crippen LogP contribution is 2.36. The number of imide groups is 1. The van der Waals surface area contributed by atoms with Gasteiger partial charge in [0.25, 0.3) is 5.91 Å². The number of benzene rings is 1. The van der Waals surface area contributed by atoms with Crippen LogP contribution in [-0.4, -0.2) is 34.8 Å². The third-order valence-electron chi connectivity index (χ3n) is 6.14. The molecule has 2 N–H and O–H groups in total. The Morgan fingerprint density at radius 2 is 1.96 bits per heavy atom. The molecule has 1 saturated heterocycles. The minimum Gasteiger partial charge on any atom is -0.348 e. The van der Waals surface area contributed by atoms with Crippen LogP contribution in [0.25, 0.3) is 0 Å². The Morgan fingerprint density at radius 3 is 2.73 bits per heavy atom. The molecule has 1 aromatic carbocycles. The van der Waals surface area contributed by atoms with Crippen LogP contribution < -0.4 is 10.6 Å². The summed E-state index contributed by atoms with van der Waals surface area (Å²) in [6.45, 7) is 1.96.